The number of hydrogen-bond acceptors (Lipinski definition) is 4. The third kappa shape index (κ3) is 4.33. The van der Waals surface area contributed by atoms with Crippen molar-refractivity contribution in [3.63, 3.8) is 0 Å². The number of carbonyl (C=O) groups is 1. The van der Waals surface area contributed by atoms with Gasteiger partial charge in [-0.25, -0.2) is 9.97 Å². The number of anilines is 1. The summed E-state index contributed by atoms with van der Waals surface area (Å²) in [5, 5.41) is 0. The molecular formula is C20H20F3N5O. The lowest BCUT2D eigenvalue weighted by molar-refractivity contribution is -0.149. The number of amides is 1. The molecule has 29 heavy (non-hydrogen) atoms. The van der Waals surface area contributed by atoms with Gasteiger partial charge in [0.25, 0.3) is 0 Å². The topological polar surface area (TPSA) is 65.1 Å². The summed E-state index contributed by atoms with van der Waals surface area (Å²) in [5.74, 6) is 0.274. The van der Waals surface area contributed by atoms with E-state index in [-0.39, 0.29) is 0 Å². The van der Waals surface area contributed by atoms with Crippen LogP contribution in [0.2, 0.25) is 0 Å². The Bertz CT molecular complexity index is 994. The first-order valence-corrected chi connectivity index (χ1v) is 9.40. The molecule has 3 aromatic rings. The number of nitrogens with zero attached hydrogens (tertiary/aromatic N) is 4. The van der Waals surface area contributed by atoms with Gasteiger partial charge in [0.15, 0.2) is 5.65 Å². The quantitative estimate of drug-likeness (QED) is 0.723. The highest BCUT2D eigenvalue weighted by atomic mass is 19.4. The molecule has 1 N–H and O–H groups in total. The molecule has 2 aromatic heterocycles. The van der Waals surface area contributed by atoms with Gasteiger partial charge in [-0.15, -0.1) is 0 Å². The largest absolute Gasteiger partial charge is 0.389 e. The van der Waals surface area contributed by atoms with Crippen molar-refractivity contribution in [2.24, 2.45) is 0 Å². The summed E-state index contributed by atoms with van der Waals surface area (Å²) < 4.78 is 37.0. The number of piperazine rings is 1. The highest BCUT2D eigenvalue weighted by Gasteiger charge is 2.30. The summed E-state index contributed by atoms with van der Waals surface area (Å²) in [7, 11) is 0. The lowest BCUT2D eigenvalue weighted by Gasteiger charge is -2.36. The summed E-state index contributed by atoms with van der Waals surface area (Å²) in [6.45, 7) is 1.85. The van der Waals surface area contributed by atoms with Gasteiger partial charge in [0.2, 0.25) is 5.91 Å². The molecule has 1 saturated heterocycles. The van der Waals surface area contributed by atoms with Crippen LogP contribution < -0.4 is 4.90 Å². The highest BCUT2D eigenvalue weighted by molar-refractivity contribution is 5.88. The average molecular weight is 403 g/mol. The first-order chi connectivity index (χ1) is 13.9. The minimum atomic E-state index is -4.31. The van der Waals surface area contributed by atoms with E-state index in [1.54, 1.807) is 6.20 Å². The molecule has 0 radical (unpaired) electrons. The Balaban J connectivity index is 1.47. The van der Waals surface area contributed by atoms with Crippen molar-refractivity contribution in [2.75, 3.05) is 31.1 Å². The van der Waals surface area contributed by atoms with Gasteiger partial charge in [-0.1, -0.05) is 30.3 Å². The van der Waals surface area contributed by atoms with Crippen molar-refractivity contribution < 1.29 is 18.0 Å². The Labute approximate surface area is 165 Å². The molecule has 1 amide bonds. The van der Waals surface area contributed by atoms with E-state index in [4.69, 9.17) is 0 Å². The van der Waals surface area contributed by atoms with Crippen LogP contribution in [0.1, 0.15) is 12.8 Å². The predicted octanol–water partition coefficient (Wildman–Crippen LogP) is 3.62. The number of hydrogen-bond donors (Lipinski definition) is 1. The van der Waals surface area contributed by atoms with Gasteiger partial charge in [0.05, 0.1) is 12.1 Å². The zero-order valence-electron chi connectivity index (χ0n) is 15.6. The van der Waals surface area contributed by atoms with Crippen molar-refractivity contribution in [3.05, 3.63) is 42.6 Å². The van der Waals surface area contributed by atoms with Crippen LogP contribution in [-0.2, 0) is 4.79 Å². The number of H-pyrrole nitrogens is 1. The predicted molar refractivity (Wildman–Crippen MR) is 103 cm³/mol. The Morgan fingerprint density at radius 1 is 1.07 bits per heavy atom. The summed E-state index contributed by atoms with van der Waals surface area (Å²) in [6.07, 6.45) is -4.19. The second kappa shape index (κ2) is 7.73. The smallest absolute Gasteiger partial charge is 0.366 e. The van der Waals surface area contributed by atoms with Crippen LogP contribution in [0.15, 0.2) is 42.6 Å². The number of aromatic amines is 1. The van der Waals surface area contributed by atoms with E-state index in [1.165, 1.54) is 4.90 Å². The lowest BCUT2D eigenvalue weighted by Crippen LogP contribution is -2.49. The van der Waals surface area contributed by atoms with Crippen LogP contribution >= 0.6 is 0 Å². The molecule has 3 heterocycles. The van der Waals surface area contributed by atoms with Crippen molar-refractivity contribution in [1.82, 2.24) is 19.9 Å². The van der Waals surface area contributed by atoms with Crippen molar-refractivity contribution >= 4 is 22.8 Å². The molecule has 6 nitrogen and oxygen atoms in total. The van der Waals surface area contributed by atoms with Crippen molar-refractivity contribution in [1.29, 1.82) is 0 Å². The molecular weight excluding hydrogens is 383 g/mol. The van der Waals surface area contributed by atoms with E-state index in [1.807, 2.05) is 36.4 Å². The minimum absolute atomic E-state index is 0.389. The summed E-state index contributed by atoms with van der Waals surface area (Å²) in [5.41, 5.74) is 3.29. The second-order valence-electron chi connectivity index (χ2n) is 6.96. The molecule has 9 heteroatoms. The fraction of sp³-hybridized carbons (Fsp3) is 0.350. The molecule has 0 atom stereocenters. The van der Waals surface area contributed by atoms with Crippen LogP contribution in [0.5, 0.6) is 0 Å². The van der Waals surface area contributed by atoms with Crippen LogP contribution in [0.3, 0.4) is 0 Å². The van der Waals surface area contributed by atoms with E-state index < -0.39 is 24.9 Å². The van der Waals surface area contributed by atoms with Crippen LogP contribution in [0.25, 0.3) is 22.6 Å². The van der Waals surface area contributed by atoms with Gasteiger partial charge >= 0.3 is 6.18 Å². The highest BCUT2D eigenvalue weighted by Crippen LogP contribution is 2.28. The van der Waals surface area contributed by atoms with Gasteiger partial charge in [0, 0.05) is 44.4 Å². The summed E-state index contributed by atoms with van der Waals surface area (Å²) >= 11 is 0. The van der Waals surface area contributed by atoms with E-state index in [0.29, 0.717) is 31.8 Å². The number of nitrogens with one attached hydrogen (secondary N) is 1. The molecule has 152 valence electrons. The fourth-order valence-electron chi connectivity index (χ4n) is 3.50. The molecule has 1 fully saturated rings. The first kappa shape index (κ1) is 19.2. The molecule has 0 unspecified atom stereocenters. The summed E-state index contributed by atoms with van der Waals surface area (Å²) in [4.78, 5) is 27.9. The Morgan fingerprint density at radius 2 is 1.79 bits per heavy atom. The maximum absolute atomic E-state index is 12.3. The standard InChI is InChI=1S/C20H20F3N5O/c21-20(22,23)8-6-16(29)28-12-10-27(11-13-28)15-7-9-24-19-17(15)25-18(26-19)14-4-2-1-3-5-14/h1-5,7,9H,6,8,10-13H2,(H,24,25,26). The van der Waals surface area contributed by atoms with Gasteiger partial charge in [-0.05, 0) is 6.07 Å². The number of alkyl halides is 3. The zero-order valence-corrected chi connectivity index (χ0v) is 15.6. The first-order valence-electron chi connectivity index (χ1n) is 9.40. The summed E-state index contributed by atoms with van der Waals surface area (Å²) in [6, 6.07) is 11.6. The van der Waals surface area contributed by atoms with Gasteiger partial charge < -0.3 is 14.8 Å². The number of carbonyl (C=O) groups excluding carboxylic acids is 1. The maximum atomic E-state index is 12.3. The number of fused-ring (bicyclic) bond motifs is 1. The van der Waals surface area contributed by atoms with Crippen molar-refractivity contribution in [3.8, 4) is 11.4 Å². The van der Waals surface area contributed by atoms with E-state index in [9.17, 15) is 18.0 Å². The number of rotatable bonds is 4. The Morgan fingerprint density at radius 3 is 2.48 bits per heavy atom. The number of benzene rings is 1. The van der Waals surface area contributed by atoms with Gasteiger partial charge in [-0.2, -0.15) is 13.2 Å². The zero-order chi connectivity index (χ0) is 20.4. The molecule has 1 aliphatic heterocycles. The SMILES string of the molecule is O=C(CCC(F)(F)F)N1CCN(c2ccnc3nc(-c4ccccc4)[nH]c23)CC1. The molecule has 1 aromatic carbocycles. The fourth-order valence-corrected chi connectivity index (χ4v) is 3.50. The number of aromatic nitrogens is 3. The molecule has 4 rings (SSSR count). The lowest BCUT2D eigenvalue weighted by atomic mass is 10.2. The van der Waals surface area contributed by atoms with Crippen molar-refractivity contribution in [2.45, 2.75) is 19.0 Å². The second-order valence-corrected chi connectivity index (χ2v) is 6.96. The number of pyridine rings is 1. The third-order valence-corrected chi connectivity index (χ3v) is 5.01. The van der Waals surface area contributed by atoms with E-state index in [0.717, 1.165) is 22.6 Å². The molecule has 0 spiro atoms. The molecule has 1 aliphatic rings. The van der Waals surface area contributed by atoms with E-state index >= 15 is 0 Å². The van der Waals surface area contributed by atoms with Crippen LogP contribution in [0.4, 0.5) is 18.9 Å². The number of imidazole rings is 1. The molecule has 0 aliphatic carbocycles. The maximum Gasteiger partial charge on any atom is 0.389 e. The number of halogens is 3. The normalized spacial score (nSPS) is 15.1. The van der Waals surface area contributed by atoms with Crippen LogP contribution in [0, 0.1) is 0 Å². The Kier molecular flexibility index (Phi) is 5.12. The monoisotopic (exact) mass is 403 g/mol. The average Bonchev–Trinajstić information content (AvgIpc) is 3.17. The van der Waals surface area contributed by atoms with Crippen LogP contribution in [-0.4, -0.2) is 58.1 Å². The molecule has 0 bridgehead atoms. The Hall–Kier alpha value is -3.10. The van der Waals surface area contributed by atoms with Gasteiger partial charge in [0.1, 0.15) is 11.3 Å². The van der Waals surface area contributed by atoms with Gasteiger partial charge in [-0.3, -0.25) is 4.79 Å². The third-order valence-electron chi connectivity index (χ3n) is 5.01. The molecule has 0 saturated carbocycles. The van der Waals surface area contributed by atoms with E-state index in [2.05, 4.69) is 19.9 Å². The minimum Gasteiger partial charge on any atom is -0.366 e.